The molecule has 0 radical (unpaired) electrons. The highest BCUT2D eigenvalue weighted by Crippen LogP contribution is 2.25. The molecule has 0 saturated carbocycles. The highest BCUT2D eigenvalue weighted by molar-refractivity contribution is 7.91. The standard InChI is InChI=1S/C23H21N3O3S/c1-15-3-4-16(2)22(11-15)30(28,29)19-7-5-17(6-8-19)13-25-23(27)21-12-18-14-24-10-9-20(18)26-21/h3-12,14,26H,13H2,1-2H3,(H,25,27). The lowest BCUT2D eigenvalue weighted by Gasteiger charge is -2.10. The van der Waals surface area contributed by atoms with Crippen molar-refractivity contribution in [3.63, 3.8) is 0 Å². The van der Waals surface area contributed by atoms with Gasteiger partial charge in [0.2, 0.25) is 9.84 Å². The van der Waals surface area contributed by atoms with Gasteiger partial charge < -0.3 is 10.3 Å². The van der Waals surface area contributed by atoms with Gasteiger partial charge in [0.05, 0.1) is 9.79 Å². The Bertz CT molecular complexity index is 1310. The Morgan fingerprint density at radius 1 is 1.03 bits per heavy atom. The van der Waals surface area contributed by atoms with E-state index in [9.17, 15) is 13.2 Å². The fourth-order valence-electron chi connectivity index (χ4n) is 3.28. The summed E-state index contributed by atoms with van der Waals surface area (Å²) in [5.74, 6) is -0.238. The number of hydrogen-bond acceptors (Lipinski definition) is 4. The largest absolute Gasteiger partial charge is 0.350 e. The predicted octanol–water partition coefficient (Wildman–Crippen LogP) is 3.94. The number of aromatic amines is 1. The molecule has 0 aliphatic heterocycles. The Morgan fingerprint density at radius 2 is 1.80 bits per heavy atom. The molecular weight excluding hydrogens is 398 g/mol. The number of carbonyl (C=O) groups is 1. The lowest BCUT2D eigenvalue weighted by Crippen LogP contribution is -2.23. The van der Waals surface area contributed by atoms with E-state index in [0.29, 0.717) is 16.2 Å². The molecule has 4 rings (SSSR count). The van der Waals surface area contributed by atoms with Crippen molar-refractivity contribution in [1.82, 2.24) is 15.3 Å². The van der Waals surface area contributed by atoms with Gasteiger partial charge in [-0.05, 0) is 60.9 Å². The second kappa shape index (κ2) is 7.76. The van der Waals surface area contributed by atoms with Gasteiger partial charge in [0.25, 0.3) is 5.91 Å². The zero-order chi connectivity index (χ0) is 21.3. The predicted molar refractivity (Wildman–Crippen MR) is 115 cm³/mol. The summed E-state index contributed by atoms with van der Waals surface area (Å²) in [7, 11) is -3.60. The maximum Gasteiger partial charge on any atom is 0.267 e. The van der Waals surface area contributed by atoms with Crippen LogP contribution in [-0.2, 0) is 16.4 Å². The van der Waals surface area contributed by atoms with Crippen LogP contribution in [0.4, 0.5) is 0 Å². The number of aryl methyl sites for hydroxylation is 2. The molecule has 0 aliphatic carbocycles. The molecule has 0 fully saturated rings. The van der Waals surface area contributed by atoms with Crippen LogP contribution < -0.4 is 5.32 Å². The van der Waals surface area contributed by atoms with E-state index in [1.165, 1.54) is 0 Å². The first-order chi connectivity index (χ1) is 14.3. The van der Waals surface area contributed by atoms with Crippen LogP contribution in [0.3, 0.4) is 0 Å². The summed E-state index contributed by atoms with van der Waals surface area (Å²) in [6.45, 7) is 3.94. The molecule has 2 aromatic carbocycles. The minimum Gasteiger partial charge on any atom is -0.350 e. The van der Waals surface area contributed by atoms with Crippen molar-refractivity contribution < 1.29 is 13.2 Å². The van der Waals surface area contributed by atoms with Crippen LogP contribution in [0.2, 0.25) is 0 Å². The van der Waals surface area contributed by atoms with Crippen LogP contribution in [-0.4, -0.2) is 24.3 Å². The number of nitrogens with zero attached hydrogens (tertiary/aromatic N) is 1. The van der Waals surface area contributed by atoms with Crippen LogP contribution in [0.1, 0.15) is 27.2 Å². The van der Waals surface area contributed by atoms with Crippen molar-refractivity contribution in [1.29, 1.82) is 0 Å². The Balaban J connectivity index is 1.48. The van der Waals surface area contributed by atoms with E-state index in [1.807, 2.05) is 19.1 Å². The summed E-state index contributed by atoms with van der Waals surface area (Å²) in [5, 5.41) is 3.71. The maximum absolute atomic E-state index is 13.0. The number of nitrogens with one attached hydrogen (secondary N) is 2. The maximum atomic E-state index is 13.0. The number of pyridine rings is 1. The molecule has 1 amide bonds. The Labute approximate surface area is 174 Å². The molecule has 4 aromatic rings. The SMILES string of the molecule is Cc1ccc(C)c(S(=O)(=O)c2ccc(CNC(=O)c3cc4cnccc4[nH]3)cc2)c1. The molecular formula is C23H21N3O3S. The Morgan fingerprint density at radius 3 is 2.53 bits per heavy atom. The molecule has 30 heavy (non-hydrogen) atoms. The second-order valence-corrected chi connectivity index (χ2v) is 9.16. The summed E-state index contributed by atoms with van der Waals surface area (Å²) in [5.41, 5.74) is 3.71. The molecule has 152 valence electrons. The molecule has 0 aliphatic rings. The van der Waals surface area contributed by atoms with E-state index in [1.54, 1.807) is 61.8 Å². The quantitative estimate of drug-likeness (QED) is 0.512. The molecule has 2 heterocycles. The third-order valence-corrected chi connectivity index (χ3v) is 6.90. The summed E-state index contributed by atoms with van der Waals surface area (Å²) in [6, 6.07) is 15.5. The number of benzene rings is 2. The van der Waals surface area contributed by atoms with Crippen molar-refractivity contribution in [2.45, 2.75) is 30.2 Å². The second-order valence-electron chi connectivity index (χ2n) is 7.24. The fraction of sp³-hybridized carbons (Fsp3) is 0.130. The van der Waals surface area contributed by atoms with E-state index in [0.717, 1.165) is 22.0 Å². The minimum atomic E-state index is -3.60. The van der Waals surface area contributed by atoms with Gasteiger partial charge in [0.1, 0.15) is 5.69 Å². The highest BCUT2D eigenvalue weighted by atomic mass is 32.2. The molecule has 7 heteroatoms. The van der Waals surface area contributed by atoms with Gasteiger partial charge >= 0.3 is 0 Å². The molecule has 6 nitrogen and oxygen atoms in total. The van der Waals surface area contributed by atoms with E-state index >= 15 is 0 Å². The summed E-state index contributed by atoms with van der Waals surface area (Å²) >= 11 is 0. The average Bonchev–Trinajstić information content (AvgIpc) is 3.18. The van der Waals surface area contributed by atoms with E-state index in [4.69, 9.17) is 0 Å². The van der Waals surface area contributed by atoms with E-state index < -0.39 is 9.84 Å². The van der Waals surface area contributed by atoms with Crippen LogP contribution in [0.5, 0.6) is 0 Å². The Kier molecular flexibility index (Phi) is 5.13. The average molecular weight is 420 g/mol. The summed E-state index contributed by atoms with van der Waals surface area (Å²) in [4.78, 5) is 20.1. The lowest BCUT2D eigenvalue weighted by molar-refractivity contribution is 0.0946. The van der Waals surface area contributed by atoms with Gasteiger partial charge in [0, 0.05) is 29.8 Å². The number of H-pyrrole nitrogens is 1. The normalized spacial score (nSPS) is 11.5. The number of amides is 1. The number of fused-ring (bicyclic) bond motifs is 1. The highest BCUT2D eigenvalue weighted by Gasteiger charge is 2.20. The number of hydrogen-bond donors (Lipinski definition) is 2. The third-order valence-electron chi connectivity index (χ3n) is 4.99. The molecule has 0 bridgehead atoms. The van der Waals surface area contributed by atoms with Gasteiger partial charge in [0.15, 0.2) is 0 Å². The van der Waals surface area contributed by atoms with Gasteiger partial charge in [-0.25, -0.2) is 8.42 Å². The van der Waals surface area contributed by atoms with Crippen LogP contribution in [0.25, 0.3) is 10.9 Å². The zero-order valence-electron chi connectivity index (χ0n) is 16.6. The smallest absolute Gasteiger partial charge is 0.267 e. The zero-order valence-corrected chi connectivity index (χ0v) is 17.5. The van der Waals surface area contributed by atoms with Crippen LogP contribution >= 0.6 is 0 Å². The fourth-order valence-corrected chi connectivity index (χ4v) is 4.86. The minimum absolute atomic E-state index is 0.231. The van der Waals surface area contributed by atoms with Crippen molar-refractivity contribution >= 4 is 26.6 Å². The first-order valence-corrected chi connectivity index (χ1v) is 10.9. The number of carbonyl (C=O) groups excluding carboxylic acids is 1. The first kappa shape index (κ1) is 19.8. The van der Waals surface area contributed by atoms with Crippen molar-refractivity contribution in [3.8, 4) is 0 Å². The summed E-state index contributed by atoms with van der Waals surface area (Å²) in [6.07, 6.45) is 3.35. The summed E-state index contributed by atoms with van der Waals surface area (Å²) < 4.78 is 26.0. The van der Waals surface area contributed by atoms with E-state index in [-0.39, 0.29) is 17.3 Å². The number of sulfone groups is 1. The molecule has 0 unspecified atom stereocenters. The van der Waals surface area contributed by atoms with Crippen LogP contribution in [0.15, 0.2) is 76.8 Å². The Hall–Kier alpha value is -3.45. The van der Waals surface area contributed by atoms with Crippen molar-refractivity contribution in [3.05, 3.63) is 89.4 Å². The molecule has 2 N–H and O–H groups in total. The lowest BCUT2D eigenvalue weighted by atomic mass is 10.2. The van der Waals surface area contributed by atoms with Crippen LogP contribution in [0, 0.1) is 13.8 Å². The molecule has 2 aromatic heterocycles. The topological polar surface area (TPSA) is 91.9 Å². The number of aromatic nitrogens is 2. The number of rotatable bonds is 5. The molecule has 0 spiro atoms. The molecule has 0 atom stereocenters. The van der Waals surface area contributed by atoms with Gasteiger partial charge in [-0.15, -0.1) is 0 Å². The molecule has 0 saturated heterocycles. The van der Waals surface area contributed by atoms with Crippen molar-refractivity contribution in [2.75, 3.05) is 0 Å². The third kappa shape index (κ3) is 3.84. The van der Waals surface area contributed by atoms with Gasteiger partial charge in [-0.3, -0.25) is 9.78 Å². The first-order valence-electron chi connectivity index (χ1n) is 9.47. The monoisotopic (exact) mass is 419 g/mol. The van der Waals surface area contributed by atoms with Crippen molar-refractivity contribution in [2.24, 2.45) is 0 Å². The van der Waals surface area contributed by atoms with Gasteiger partial charge in [-0.2, -0.15) is 0 Å². The van der Waals surface area contributed by atoms with Gasteiger partial charge in [-0.1, -0.05) is 24.3 Å². The van der Waals surface area contributed by atoms with E-state index in [2.05, 4.69) is 15.3 Å².